The van der Waals surface area contributed by atoms with Crippen molar-refractivity contribution >= 4 is 22.5 Å². The van der Waals surface area contributed by atoms with Crippen molar-refractivity contribution in [1.82, 2.24) is 15.0 Å². The average Bonchev–Trinajstić information content (AvgIpc) is 2.68. The molecule has 28 heavy (non-hydrogen) atoms. The van der Waals surface area contributed by atoms with Gasteiger partial charge in [0.05, 0.1) is 20.8 Å². The summed E-state index contributed by atoms with van der Waals surface area (Å²) in [5.41, 5.74) is 0. The van der Waals surface area contributed by atoms with E-state index in [9.17, 15) is 13.2 Å². The zero-order chi connectivity index (χ0) is 20.8. The van der Waals surface area contributed by atoms with Crippen molar-refractivity contribution < 1.29 is 32.2 Å². The van der Waals surface area contributed by atoms with Crippen molar-refractivity contribution in [1.29, 1.82) is 0 Å². The van der Waals surface area contributed by atoms with Crippen LogP contribution >= 0.6 is 0 Å². The largest absolute Gasteiger partial charge is 0.491 e. The summed E-state index contributed by atoms with van der Waals surface area (Å²) in [7, 11) is 1.41. The van der Waals surface area contributed by atoms with Crippen LogP contribution in [-0.2, 0) is 15.2 Å². The first-order valence-corrected chi connectivity index (χ1v) is 8.64. The number of anilines is 1. The quantitative estimate of drug-likeness (QED) is 0.655. The second kappa shape index (κ2) is 12.9. The molecule has 1 heterocycles. The molecule has 0 radical (unpaired) electrons. The topological polar surface area (TPSA) is 151 Å². The molecule has 0 aliphatic carbocycles. The van der Waals surface area contributed by atoms with Gasteiger partial charge in [-0.2, -0.15) is 18.4 Å². The van der Waals surface area contributed by atoms with Crippen LogP contribution in [0.2, 0.25) is 0 Å². The van der Waals surface area contributed by atoms with E-state index in [1.165, 1.54) is 14.2 Å². The monoisotopic (exact) mass is 413 g/mol. The highest BCUT2D eigenvalue weighted by Crippen LogP contribution is 2.12. The average molecular weight is 413 g/mol. The number of carbonyl (C=O) groups is 1. The molecular weight excluding hydrogens is 394 g/mol. The maximum absolute atomic E-state index is 11.0. The Balaban J connectivity index is 0.000000307. The molecule has 152 valence electrons. The van der Waals surface area contributed by atoms with Gasteiger partial charge < -0.3 is 18.9 Å². The molecule has 0 saturated heterocycles. The predicted octanol–water partition coefficient (Wildman–Crippen LogP) is 1.20. The molecule has 1 aromatic carbocycles. The number of hydrogen-bond acceptors (Lipinski definition) is 10. The Hall–Kier alpha value is -3.32. The van der Waals surface area contributed by atoms with Crippen molar-refractivity contribution in [2.75, 3.05) is 39.9 Å². The fourth-order valence-corrected chi connectivity index (χ4v) is 1.70. The van der Waals surface area contributed by atoms with Crippen molar-refractivity contribution in [2.45, 2.75) is 0 Å². The Morgan fingerprint density at radius 3 is 2.11 bits per heavy atom. The van der Waals surface area contributed by atoms with Gasteiger partial charge in [-0.3, -0.25) is 5.32 Å². The van der Waals surface area contributed by atoms with E-state index >= 15 is 0 Å². The van der Waals surface area contributed by atoms with Crippen LogP contribution in [0, 0.1) is 0 Å². The second-order valence-corrected chi connectivity index (χ2v) is 5.14. The first-order chi connectivity index (χ1) is 13.5. The number of benzene rings is 1. The highest BCUT2D eigenvalue weighted by molar-refractivity contribution is 7.62. The van der Waals surface area contributed by atoms with E-state index in [0.29, 0.717) is 13.2 Å². The molecule has 1 aromatic heterocycles. The fraction of sp³-hybridized carbons (Fsp3) is 0.333. The molecule has 2 amide bonds. The summed E-state index contributed by atoms with van der Waals surface area (Å²) >= 11 is 0. The van der Waals surface area contributed by atoms with Gasteiger partial charge in [-0.1, -0.05) is 22.6 Å². The minimum atomic E-state index is -2.85. The predicted molar refractivity (Wildman–Crippen MR) is 97.1 cm³/mol. The fourth-order valence-electron chi connectivity index (χ4n) is 1.52. The Morgan fingerprint density at radius 2 is 1.61 bits per heavy atom. The van der Waals surface area contributed by atoms with E-state index in [2.05, 4.69) is 19.3 Å². The molecule has 0 spiro atoms. The van der Waals surface area contributed by atoms with E-state index in [4.69, 9.17) is 18.9 Å². The van der Waals surface area contributed by atoms with Crippen molar-refractivity contribution in [3.05, 3.63) is 30.3 Å². The van der Waals surface area contributed by atoms with Crippen LogP contribution in [0.1, 0.15) is 0 Å². The maximum atomic E-state index is 11.0. The third-order valence-electron chi connectivity index (χ3n) is 2.64. The normalized spacial score (nSPS) is 9.39. The number of methoxy groups -OCH3 is 3. The third kappa shape index (κ3) is 9.40. The number of aromatic nitrogens is 3. The van der Waals surface area contributed by atoms with E-state index in [0.717, 1.165) is 5.75 Å². The smallest absolute Gasteiger partial charge is 0.362 e. The molecule has 2 aromatic rings. The number of amides is 2. The van der Waals surface area contributed by atoms with Gasteiger partial charge in [0, 0.05) is 7.11 Å². The summed E-state index contributed by atoms with van der Waals surface area (Å²) in [5.74, 6) is 0.650. The molecule has 2 rings (SSSR count). The Bertz CT molecular complexity index is 847. The number of nitrogens with one attached hydrogen (secondary N) is 1. The number of carbonyl (C=O) groups excluding carboxylic acids is 1. The lowest BCUT2D eigenvalue weighted by Gasteiger charge is -2.03. The van der Waals surface area contributed by atoms with E-state index < -0.39 is 16.5 Å². The minimum absolute atomic E-state index is 0.101. The van der Waals surface area contributed by atoms with Crippen LogP contribution < -0.4 is 19.5 Å². The molecule has 0 fully saturated rings. The van der Waals surface area contributed by atoms with E-state index in [1.54, 1.807) is 7.11 Å². The number of urea groups is 1. The van der Waals surface area contributed by atoms with Gasteiger partial charge >= 0.3 is 28.6 Å². The lowest BCUT2D eigenvalue weighted by molar-refractivity contribution is 0.146. The van der Waals surface area contributed by atoms with Gasteiger partial charge in [-0.25, -0.2) is 4.79 Å². The maximum Gasteiger partial charge on any atom is 0.362 e. The zero-order valence-electron chi connectivity index (χ0n) is 15.4. The summed E-state index contributed by atoms with van der Waals surface area (Å²) in [6, 6.07) is 8.36. The lowest BCUT2D eigenvalue weighted by Crippen LogP contribution is -2.11. The van der Waals surface area contributed by atoms with Gasteiger partial charge in [0.2, 0.25) is 5.95 Å². The molecule has 0 aliphatic heterocycles. The molecular formula is C15H19N5O7S. The van der Waals surface area contributed by atoms with Crippen LogP contribution in [0.3, 0.4) is 0 Å². The molecule has 1 N–H and O–H groups in total. The van der Waals surface area contributed by atoms with Crippen molar-refractivity contribution in [3.63, 3.8) is 0 Å². The van der Waals surface area contributed by atoms with Crippen LogP contribution in [0.5, 0.6) is 17.8 Å². The van der Waals surface area contributed by atoms with Crippen LogP contribution in [0.15, 0.2) is 34.7 Å². The number of para-hydroxylation sites is 1. The van der Waals surface area contributed by atoms with E-state index in [1.807, 2.05) is 35.6 Å². The minimum Gasteiger partial charge on any atom is -0.491 e. The highest BCUT2D eigenvalue weighted by Gasteiger charge is 2.09. The molecule has 0 saturated carbocycles. The number of rotatable bonds is 7. The van der Waals surface area contributed by atoms with E-state index in [-0.39, 0.29) is 18.0 Å². The first-order valence-electron chi connectivity index (χ1n) is 7.61. The summed E-state index contributed by atoms with van der Waals surface area (Å²) in [6.45, 7) is 1.25. The Kier molecular flexibility index (Phi) is 10.5. The molecule has 0 atom stereocenters. The van der Waals surface area contributed by atoms with Gasteiger partial charge in [-0.05, 0) is 12.1 Å². The summed E-state index contributed by atoms with van der Waals surface area (Å²) in [5, 5.41) is 2.00. The molecule has 0 bridgehead atoms. The number of nitrogens with zero attached hydrogens (tertiary/aromatic N) is 4. The zero-order valence-corrected chi connectivity index (χ0v) is 16.2. The summed E-state index contributed by atoms with van der Waals surface area (Å²) in [6.07, 6.45) is 0. The van der Waals surface area contributed by atoms with Gasteiger partial charge in [0.1, 0.15) is 12.4 Å². The Morgan fingerprint density at radius 1 is 1.00 bits per heavy atom. The van der Waals surface area contributed by atoms with Gasteiger partial charge in [0.15, 0.2) is 0 Å². The number of ether oxygens (including phenoxy) is 4. The third-order valence-corrected chi connectivity index (χ3v) is 2.95. The van der Waals surface area contributed by atoms with Crippen molar-refractivity contribution in [3.8, 4) is 17.8 Å². The second-order valence-electron chi connectivity index (χ2n) is 4.53. The van der Waals surface area contributed by atoms with Crippen molar-refractivity contribution in [2.24, 2.45) is 4.36 Å². The highest BCUT2D eigenvalue weighted by atomic mass is 32.2. The number of hydrogen-bond donors (Lipinski definition) is 1. The lowest BCUT2D eigenvalue weighted by atomic mass is 10.3. The van der Waals surface area contributed by atoms with Crippen LogP contribution in [0.4, 0.5) is 10.7 Å². The van der Waals surface area contributed by atoms with Gasteiger partial charge in [0.25, 0.3) is 0 Å². The molecule has 13 heteroatoms. The Labute approximate surface area is 162 Å². The van der Waals surface area contributed by atoms with Crippen LogP contribution in [-0.4, -0.2) is 63.9 Å². The standard InChI is InChI=1S/C9H12O2.C6H7N5O5S/c1-10-7-8-11-9-5-3-2-4-6-9;1-15-5-8-3(9-6(10-5)16-2)7-4(12)11-17(13)14/h2-6H,7-8H2,1H3;1-2H3,(H,7,8,9,10,12). The molecule has 12 nitrogen and oxygen atoms in total. The summed E-state index contributed by atoms with van der Waals surface area (Å²) in [4.78, 5) is 21.9. The first kappa shape index (κ1) is 22.7. The van der Waals surface area contributed by atoms with Gasteiger partial charge in [-0.15, -0.1) is 4.98 Å². The molecule has 0 aliphatic rings. The van der Waals surface area contributed by atoms with Crippen LogP contribution in [0.25, 0.3) is 0 Å². The SMILES string of the molecule is COCCOc1ccccc1.COc1nc(NC(=O)N=S(=O)=O)nc(OC)n1. The molecule has 0 unspecified atom stereocenters. The summed E-state index contributed by atoms with van der Waals surface area (Å²) < 4.78 is 42.5.